The van der Waals surface area contributed by atoms with Crippen molar-refractivity contribution in [3.05, 3.63) is 29.8 Å². The summed E-state index contributed by atoms with van der Waals surface area (Å²) in [5, 5.41) is 15.4. The molecule has 25 heavy (non-hydrogen) atoms. The first-order valence-corrected chi connectivity index (χ1v) is 10.5. The number of hydrogen-bond acceptors (Lipinski definition) is 6. The number of amides is 1. The fourth-order valence-corrected chi connectivity index (χ4v) is 4.46. The van der Waals surface area contributed by atoms with Crippen LogP contribution in [0.1, 0.15) is 38.2 Å². The van der Waals surface area contributed by atoms with Gasteiger partial charge in [-0.2, -0.15) is 0 Å². The Morgan fingerprint density at radius 1 is 1.20 bits per heavy atom. The van der Waals surface area contributed by atoms with Gasteiger partial charge in [-0.3, -0.25) is 4.79 Å². The van der Waals surface area contributed by atoms with E-state index in [2.05, 4.69) is 46.8 Å². The van der Waals surface area contributed by atoms with E-state index in [1.165, 1.54) is 41.5 Å². The zero-order valence-electron chi connectivity index (χ0n) is 14.6. The summed E-state index contributed by atoms with van der Waals surface area (Å²) in [6.07, 6.45) is 4.62. The van der Waals surface area contributed by atoms with Crippen molar-refractivity contribution in [1.82, 2.24) is 15.5 Å². The molecule has 1 fully saturated rings. The number of hydrogen-bond donors (Lipinski definition) is 2. The second-order valence-corrected chi connectivity index (χ2v) is 8.88. The van der Waals surface area contributed by atoms with Crippen molar-refractivity contribution in [3.63, 3.8) is 0 Å². The Labute approximate surface area is 157 Å². The Hall–Kier alpha value is -1.60. The van der Waals surface area contributed by atoms with Gasteiger partial charge in [-0.05, 0) is 50.7 Å². The van der Waals surface area contributed by atoms with Crippen LogP contribution in [0.3, 0.4) is 0 Å². The number of anilines is 2. The van der Waals surface area contributed by atoms with Gasteiger partial charge in [0, 0.05) is 11.7 Å². The number of rotatable bonds is 6. The molecule has 0 spiro atoms. The third kappa shape index (κ3) is 5.71. The number of nitrogens with one attached hydrogen (secondary N) is 2. The summed E-state index contributed by atoms with van der Waals surface area (Å²) in [5.74, 6) is 1.28. The van der Waals surface area contributed by atoms with E-state index in [1.807, 2.05) is 12.1 Å². The maximum absolute atomic E-state index is 12.1. The van der Waals surface area contributed by atoms with E-state index < -0.39 is 0 Å². The number of aryl methyl sites for hydroxylation is 1. The number of benzene rings is 1. The summed E-state index contributed by atoms with van der Waals surface area (Å²) in [4.78, 5) is 12.1. The van der Waals surface area contributed by atoms with Gasteiger partial charge < -0.3 is 10.6 Å². The molecule has 1 heterocycles. The smallest absolute Gasteiger partial charge is 0.230 e. The zero-order chi connectivity index (χ0) is 17.6. The summed E-state index contributed by atoms with van der Waals surface area (Å²) >= 11 is 2.91. The van der Waals surface area contributed by atoms with Crippen LogP contribution < -0.4 is 10.6 Å². The fraction of sp³-hybridized carbons (Fsp3) is 0.500. The van der Waals surface area contributed by atoms with Gasteiger partial charge in [0.25, 0.3) is 0 Å². The molecule has 1 aliphatic carbocycles. The Morgan fingerprint density at radius 3 is 2.64 bits per heavy atom. The van der Waals surface area contributed by atoms with Crippen LogP contribution >= 0.6 is 23.1 Å². The lowest BCUT2D eigenvalue weighted by molar-refractivity contribution is -0.119. The minimum absolute atomic E-state index is 0.0906. The van der Waals surface area contributed by atoms with Gasteiger partial charge in [-0.25, -0.2) is 0 Å². The molecule has 1 aliphatic rings. The van der Waals surface area contributed by atoms with Gasteiger partial charge in [0.15, 0.2) is 4.34 Å². The highest BCUT2D eigenvalue weighted by Gasteiger charge is 2.19. The lowest BCUT2D eigenvalue weighted by Gasteiger charge is -2.26. The molecule has 0 aliphatic heterocycles. The lowest BCUT2D eigenvalue weighted by Crippen LogP contribution is -2.38. The Morgan fingerprint density at radius 2 is 1.92 bits per heavy atom. The SMILES string of the molecule is Cc1ccc(Nc2nnc(SCC(=O)NC3CCC(C)CC3)s2)cc1. The van der Waals surface area contributed by atoms with Crippen LogP contribution in [0.25, 0.3) is 0 Å². The minimum atomic E-state index is 0.0906. The third-order valence-electron chi connectivity index (χ3n) is 4.42. The monoisotopic (exact) mass is 376 g/mol. The molecule has 1 aromatic carbocycles. The molecule has 1 amide bonds. The van der Waals surface area contributed by atoms with E-state index >= 15 is 0 Å². The van der Waals surface area contributed by atoms with Crippen molar-refractivity contribution in [1.29, 1.82) is 0 Å². The zero-order valence-corrected chi connectivity index (χ0v) is 16.3. The molecular formula is C18H24N4OS2. The van der Waals surface area contributed by atoms with Gasteiger partial charge in [0.2, 0.25) is 11.0 Å². The van der Waals surface area contributed by atoms with Crippen LogP contribution in [-0.2, 0) is 4.79 Å². The predicted octanol–water partition coefficient (Wildman–Crippen LogP) is 4.38. The molecule has 5 nitrogen and oxygen atoms in total. The normalized spacial score (nSPS) is 20.2. The highest BCUT2D eigenvalue weighted by atomic mass is 32.2. The standard InChI is InChI=1S/C18H24N4OS2/c1-12-3-7-14(8-4-12)19-16(23)11-24-18-22-21-17(25-18)20-15-9-5-13(2)6-10-15/h5-6,9-10,12,14H,3-4,7-8,11H2,1-2H3,(H,19,23)(H,20,21). The first-order chi connectivity index (χ1) is 12.1. The number of aromatic nitrogens is 2. The molecule has 1 saturated carbocycles. The quantitative estimate of drug-likeness (QED) is 0.733. The predicted molar refractivity (Wildman–Crippen MR) is 105 cm³/mol. The molecule has 7 heteroatoms. The summed E-state index contributed by atoms with van der Waals surface area (Å²) < 4.78 is 0.807. The third-order valence-corrected chi connectivity index (χ3v) is 6.39. The van der Waals surface area contributed by atoms with Gasteiger partial charge in [0.1, 0.15) is 0 Å². The molecular weight excluding hydrogens is 352 g/mol. The lowest BCUT2D eigenvalue weighted by atomic mass is 9.87. The molecule has 0 saturated heterocycles. The van der Waals surface area contributed by atoms with Crippen molar-refractivity contribution >= 4 is 39.8 Å². The van der Waals surface area contributed by atoms with E-state index in [0.29, 0.717) is 11.8 Å². The number of nitrogens with zero attached hydrogens (tertiary/aromatic N) is 2. The van der Waals surface area contributed by atoms with E-state index in [9.17, 15) is 4.79 Å². The van der Waals surface area contributed by atoms with Crippen LogP contribution in [0.15, 0.2) is 28.6 Å². The van der Waals surface area contributed by atoms with Crippen molar-refractivity contribution in [3.8, 4) is 0 Å². The van der Waals surface area contributed by atoms with Gasteiger partial charge in [-0.1, -0.05) is 47.7 Å². The van der Waals surface area contributed by atoms with Gasteiger partial charge in [0.05, 0.1) is 5.75 Å². The summed E-state index contributed by atoms with van der Waals surface area (Å²) in [7, 11) is 0. The second kappa shape index (κ2) is 8.67. The molecule has 2 N–H and O–H groups in total. The van der Waals surface area contributed by atoms with Crippen molar-refractivity contribution in [2.75, 3.05) is 11.1 Å². The molecule has 0 atom stereocenters. The largest absolute Gasteiger partial charge is 0.353 e. The van der Waals surface area contributed by atoms with E-state index in [-0.39, 0.29) is 5.91 Å². The first kappa shape index (κ1) is 18.2. The molecule has 2 aromatic rings. The van der Waals surface area contributed by atoms with Crippen molar-refractivity contribution in [2.24, 2.45) is 5.92 Å². The molecule has 0 radical (unpaired) electrons. The highest BCUT2D eigenvalue weighted by molar-refractivity contribution is 8.01. The van der Waals surface area contributed by atoms with Gasteiger partial charge in [-0.15, -0.1) is 10.2 Å². The molecule has 134 valence electrons. The van der Waals surface area contributed by atoms with Crippen LogP contribution in [-0.4, -0.2) is 27.9 Å². The maximum Gasteiger partial charge on any atom is 0.230 e. The van der Waals surface area contributed by atoms with Crippen LogP contribution in [0.2, 0.25) is 0 Å². The van der Waals surface area contributed by atoms with Crippen LogP contribution in [0, 0.1) is 12.8 Å². The topological polar surface area (TPSA) is 66.9 Å². The number of carbonyl (C=O) groups excluding carboxylic acids is 1. The van der Waals surface area contributed by atoms with Gasteiger partial charge >= 0.3 is 0 Å². The molecule has 0 unspecified atom stereocenters. The summed E-state index contributed by atoms with van der Waals surface area (Å²) in [6.45, 7) is 4.34. The maximum atomic E-state index is 12.1. The average molecular weight is 377 g/mol. The van der Waals surface area contributed by atoms with Crippen molar-refractivity contribution in [2.45, 2.75) is 49.9 Å². The average Bonchev–Trinajstić information content (AvgIpc) is 3.05. The Kier molecular flexibility index (Phi) is 6.31. The summed E-state index contributed by atoms with van der Waals surface area (Å²) in [6, 6.07) is 8.48. The second-order valence-electron chi connectivity index (χ2n) is 6.68. The fourth-order valence-electron chi connectivity index (χ4n) is 2.88. The van der Waals surface area contributed by atoms with Crippen LogP contribution in [0.4, 0.5) is 10.8 Å². The van der Waals surface area contributed by atoms with Crippen molar-refractivity contribution < 1.29 is 4.79 Å². The Bertz CT molecular complexity index is 693. The highest BCUT2D eigenvalue weighted by Crippen LogP contribution is 2.28. The van der Waals surface area contributed by atoms with Crippen LogP contribution in [0.5, 0.6) is 0 Å². The molecule has 0 bridgehead atoms. The number of thioether (sulfide) groups is 1. The molecule has 1 aromatic heterocycles. The molecule has 3 rings (SSSR count). The summed E-state index contributed by atoms with van der Waals surface area (Å²) in [5.41, 5.74) is 2.21. The Balaban J connectivity index is 1.43. The van der Waals surface area contributed by atoms with E-state index in [1.54, 1.807) is 0 Å². The number of carbonyl (C=O) groups is 1. The minimum Gasteiger partial charge on any atom is -0.353 e. The van der Waals surface area contributed by atoms with E-state index in [0.717, 1.165) is 33.9 Å². The first-order valence-electron chi connectivity index (χ1n) is 8.68. The van der Waals surface area contributed by atoms with E-state index in [4.69, 9.17) is 0 Å².